The van der Waals surface area contributed by atoms with Gasteiger partial charge in [-0.3, -0.25) is 4.79 Å². The highest BCUT2D eigenvalue weighted by Crippen LogP contribution is 2.26. The molecule has 19 heavy (non-hydrogen) atoms. The van der Waals surface area contributed by atoms with E-state index in [1.807, 2.05) is 24.3 Å². The fourth-order valence-corrected chi connectivity index (χ4v) is 2.52. The van der Waals surface area contributed by atoms with Gasteiger partial charge in [0, 0.05) is 10.9 Å². The van der Waals surface area contributed by atoms with Crippen molar-refractivity contribution in [1.82, 2.24) is 4.37 Å². The number of carbonyl (C=O) groups excluding carboxylic acids is 1. The summed E-state index contributed by atoms with van der Waals surface area (Å²) in [4.78, 5) is 12.0. The first-order valence-electron chi connectivity index (χ1n) is 5.65. The van der Waals surface area contributed by atoms with Crippen molar-refractivity contribution >= 4 is 33.3 Å². The summed E-state index contributed by atoms with van der Waals surface area (Å²) in [7, 11) is 0. The van der Waals surface area contributed by atoms with Crippen LogP contribution >= 0.6 is 11.5 Å². The number of nitrogens with one attached hydrogen (secondary N) is 1. The Hall–Kier alpha value is -2.27. The van der Waals surface area contributed by atoms with Gasteiger partial charge in [0.1, 0.15) is 5.82 Å². The predicted octanol–water partition coefficient (Wildman–Crippen LogP) is 3.69. The van der Waals surface area contributed by atoms with E-state index < -0.39 is 5.82 Å². The normalized spacial score (nSPS) is 10.6. The van der Waals surface area contributed by atoms with Gasteiger partial charge in [0.25, 0.3) is 5.91 Å². The summed E-state index contributed by atoms with van der Waals surface area (Å²) in [5.74, 6) is -0.291. The maximum absolute atomic E-state index is 13.1. The Morgan fingerprint density at radius 3 is 2.84 bits per heavy atom. The zero-order valence-electron chi connectivity index (χ0n) is 9.76. The molecule has 0 radical (unpaired) electrons. The predicted molar refractivity (Wildman–Crippen MR) is 74.0 cm³/mol. The molecule has 0 aliphatic heterocycles. The second-order valence-corrected chi connectivity index (χ2v) is 4.80. The fraction of sp³-hybridized carbons (Fsp3) is 0. The van der Waals surface area contributed by atoms with E-state index in [1.54, 1.807) is 6.07 Å². The second-order valence-electron chi connectivity index (χ2n) is 3.99. The number of amides is 1. The summed E-state index contributed by atoms with van der Waals surface area (Å²) in [6.45, 7) is 0. The lowest BCUT2D eigenvalue weighted by Crippen LogP contribution is -2.12. The fourth-order valence-electron chi connectivity index (χ4n) is 1.79. The minimum atomic E-state index is -0.434. The van der Waals surface area contributed by atoms with E-state index in [-0.39, 0.29) is 11.5 Å². The number of hydrogen-bond acceptors (Lipinski definition) is 3. The summed E-state index contributed by atoms with van der Waals surface area (Å²) in [6, 6.07) is 13.2. The molecule has 0 aliphatic carbocycles. The van der Waals surface area contributed by atoms with E-state index in [2.05, 4.69) is 9.69 Å². The largest absolute Gasteiger partial charge is 0.305 e. The molecule has 94 valence electrons. The number of hydrogen-bond donors (Lipinski definition) is 1. The van der Waals surface area contributed by atoms with Crippen molar-refractivity contribution in [2.24, 2.45) is 0 Å². The SMILES string of the molecule is O=C(Nc1nsc2ccccc12)c1cccc(F)c1. The average molecular weight is 272 g/mol. The van der Waals surface area contributed by atoms with E-state index in [1.165, 1.54) is 29.7 Å². The van der Waals surface area contributed by atoms with Gasteiger partial charge in [-0.05, 0) is 41.9 Å². The first-order valence-corrected chi connectivity index (χ1v) is 6.43. The van der Waals surface area contributed by atoms with Crippen molar-refractivity contribution in [3.8, 4) is 0 Å². The third-order valence-corrected chi connectivity index (χ3v) is 3.52. The first-order chi connectivity index (χ1) is 9.24. The number of carbonyl (C=O) groups is 1. The Labute approximate surface area is 112 Å². The lowest BCUT2D eigenvalue weighted by atomic mass is 10.2. The number of aromatic nitrogens is 1. The van der Waals surface area contributed by atoms with Crippen LogP contribution in [0, 0.1) is 5.82 Å². The van der Waals surface area contributed by atoms with Gasteiger partial charge in [0.15, 0.2) is 5.82 Å². The van der Waals surface area contributed by atoms with Gasteiger partial charge < -0.3 is 5.32 Å². The van der Waals surface area contributed by atoms with E-state index >= 15 is 0 Å². The van der Waals surface area contributed by atoms with E-state index in [4.69, 9.17) is 0 Å². The Balaban J connectivity index is 1.91. The van der Waals surface area contributed by atoms with Crippen molar-refractivity contribution in [2.75, 3.05) is 5.32 Å². The summed E-state index contributed by atoms with van der Waals surface area (Å²) in [5.41, 5.74) is 0.275. The molecule has 2 aromatic carbocycles. The molecule has 0 saturated heterocycles. The number of nitrogens with zero attached hydrogens (tertiary/aromatic N) is 1. The summed E-state index contributed by atoms with van der Waals surface area (Å²) in [6.07, 6.45) is 0. The van der Waals surface area contributed by atoms with Crippen molar-refractivity contribution in [3.63, 3.8) is 0 Å². The zero-order valence-corrected chi connectivity index (χ0v) is 10.6. The molecule has 1 heterocycles. The van der Waals surface area contributed by atoms with Crippen LogP contribution in [0.3, 0.4) is 0 Å². The van der Waals surface area contributed by atoms with Crippen LogP contribution < -0.4 is 5.32 Å². The van der Waals surface area contributed by atoms with Crippen molar-refractivity contribution < 1.29 is 9.18 Å². The van der Waals surface area contributed by atoms with Gasteiger partial charge in [-0.2, -0.15) is 4.37 Å². The minimum Gasteiger partial charge on any atom is -0.305 e. The molecule has 3 nitrogen and oxygen atoms in total. The monoisotopic (exact) mass is 272 g/mol. The molecule has 3 aromatic rings. The van der Waals surface area contributed by atoms with Gasteiger partial charge >= 0.3 is 0 Å². The van der Waals surface area contributed by atoms with Gasteiger partial charge in [-0.15, -0.1) is 0 Å². The molecule has 3 rings (SSSR count). The van der Waals surface area contributed by atoms with Crippen LogP contribution in [0.4, 0.5) is 10.2 Å². The topological polar surface area (TPSA) is 42.0 Å². The quantitative estimate of drug-likeness (QED) is 0.773. The Bertz CT molecular complexity index is 754. The zero-order chi connectivity index (χ0) is 13.2. The summed E-state index contributed by atoms with van der Waals surface area (Å²) >= 11 is 1.32. The molecular formula is C14H9FN2OS. The highest BCUT2D eigenvalue weighted by Gasteiger charge is 2.11. The van der Waals surface area contributed by atoms with Crippen LogP contribution in [0.25, 0.3) is 10.1 Å². The van der Waals surface area contributed by atoms with Crippen LogP contribution in [-0.4, -0.2) is 10.3 Å². The number of fused-ring (bicyclic) bond motifs is 1. The highest BCUT2D eigenvalue weighted by molar-refractivity contribution is 7.13. The Kier molecular flexibility index (Phi) is 2.97. The maximum Gasteiger partial charge on any atom is 0.256 e. The molecule has 5 heteroatoms. The van der Waals surface area contributed by atoms with Crippen molar-refractivity contribution in [2.45, 2.75) is 0 Å². The molecule has 1 amide bonds. The van der Waals surface area contributed by atoms with E-state index in [0.29, 0.717) is 5.82 Å². The molecule has 1 N–H and O–H groups in total. The molecule has 0 saturated carbocycles. The standard InChI is InChI=1S/C14H9FN2OS/c15-10-5-3-4-9(8-10)14(18)16-13-11-6-1-2-7-12(11)19-17-13/h1-8H,(H,16,17,18). The number of benzene rings is 2. The van der Waals surface area contributed by atoms with Gasteiger partial charge in [-0.25, -0.2) is 4.39 Å². The molecule has 1 aromatic heterocycles. The van der Waals surface area contributed by atoms with E-state index in [0.717, 1.165) is 10.1 Å². The second kappa shape index (κ2) is 4.78. The van der Waals surface area contributed by atoms with Crippen LogP contribution in [-0.2, 0) is 0 Å². The number of halogens is 1. The third-order valence-electron chi connectivity index (χ3n) is 2.70. The Morgan fingerprint density at radius 2 is 2.00 bits per heavy atom. The molecule has 0 aliphatic rings. The first kappa shape index (κ1) is 11.8. The van der Waals surface area contributed by atoms with E-state index in [9.17, 15) is 9.18 Å². The van der Waals surface area contributed by atoms with Gasteiger partial charge in [-0.1, -0.05) is 18.2 Å². The smallest absolute Gasteiger partial charge is 0.256 e. The Morgan fingerprint density at radius 1 is 1.16 bits per heavy atom. The van der Waals surface area contributed by atoms with Crippen LogP contribution in [0.2, 0.25) is 0 Å². The average Bonchev–Trinajstić information content (AvgIpc) is 2.82. The van der Waals surface area contributed by atoms with Crippen molar-refractivity contribution in [3.05, 3.63) is 59.9 Å². The van der Waals surface area contributed by atoms with Gasteiger partial charge in [0.05, 0.1) is 4.70 Å². The van der Waals surface area contributed by atoms with Crippen LogP contribution in [0.5, 0.6) is 0 Å². The number of anilines is 1. The molecule has 0 spiro atoms. The number of rotatable bonds is 2. The molecule has 0 atom stereocenters. The summed E-state index contributed by atoms with van der Waals surface area (Å²) < 4.78 is 18.3. The molecule has 0 unspecified atom stereocenters. The molecule has 0 fully saturated rings. The lowest BCUT2D eigenvalue weighted by molar-refractivity contribution is 0.102. The molecular weight excluding hydrogens is 263 g/mol. The summed E-state index contributed by atoms with van der Waals surface area (Å²) in [5, 5.41) is 3.59. The maximum atomic E-state index is 13.1. The molecule has 0 bridgehead atoms. The van der Waals surface area contributed by atoms with Gasteiger partial charge in [0.2, 0.25) is 0 Å². The highest BCUT2D eigenvalue weighted by atomic mass is 32.1. The third kappa shape index (κ3) is 2.32. The van der Waals surface area contributed by atoms with Crippen LogP contribution in [0.15, 0.2) is 48.5 Å². The lowest BCUT2D eigenvalue weighted by Gasteiger charge is -2.02. The minimum absolute atomic E-state index is 0.275. The van der Waals surface area contributed by atoms with Crippen LogP contribution in [0.1, 0.15) is 10.4 Å². The van der Waals surface area contributed by atoms with Crippen molar-refractivity contribution in [1.29, 1.82) is 0 Å².